The number of ether oxygens (including phenoxy) is 4. The zero-order valence-corrected chi connectivity index (χ0v) is 40.5. The average Bonchev–Trinajstić information content (AvgIpc) is 3.61. The highest BCUT2D eigenvalue weighted by atomic mass is 32.4. The van der Waals surface area contributed by atoms with Gasteiger partial charge in [-0.15, -0.1) is 0 Å². The standard InChI is InChI=1S/C58H67O4PS/c1-5-9-13-20-32-59-40-36-47-51(49(38-40)61-34-22-15-11-7-3)45-30-24-28-43-44-29-25-31-46-52-48(37-41(60-33-21-14-10-6-2)39-50(52)62-35-23-16-12-8-4)58-56(54(44)46)55(53(43)45)57(47)63(58,64)42-26-18-17-19-27-42/h17-19,24-31,36-39H,5-16,20-23,32-35H2,1-4H3. The Kier molecular flexibility index (Phi) is 14.2. The van der Waals surface area contributed by atoms with E-state index >= 15 is 0 Å². The zero-order valence-electron chi connectivity index (χ0n) is 38.8. The molecule has 0 radical (unpaired) electrons. The Labute approximate surface area is 386 Å². The van der Waals surface area contributed by atoms with Gasteiger partial charge in [-0.05, 0) is 86.2 Å². The van der Waals surface area contributed by atoms with E-state index in [9.17, 15) is 0 Å². The summed E-state index contributed by atoms with van der Waals surface area (Å²) < 4.78 is 27.4. The van der Waals surface area contributed by atoms with Gasteiger partial charge >= 0.3 is 0 Å². The summed E-state index contributed by atoms with van der Waals surface area (Å²) in [5.74, 6) is 3.52. The smallest absolute Gasteiger partial charge is 0.131 e. The maximum atomic E-state index is 7.60. The zero-order chi connectivity index (χ0) is 44.0. The van der Waals surface area contributed by atoms with Crippen LogP contribution in [-0.4, -0.2) is 26.4 Å². The van der Waals surface area contributed by atoms with Crippen molar-refractivity contribution >= 4 is 98.4 Å². The molecule has 0 amide bonds. The van der Waals surface area contributed by atoms with E-state index in [4.69, 9.17) is 30.8 Å². The van der Waals surface area contributed by atoms with Crippen molar-refractivity contribution in [2.45, 2.75) is 130 Å². The molecule has 0 aromatic heterocycles. The van der Waals surface area contributed by atoms with Crippen LogP contribution in [0.2, 0.25) is 0 Å². The van der Waals surface area contributed by atoms with Crippen LogP contribution in [0.5, 0.6) is 23.0 Å². The third kappa shape index (κ3) is 8.19. The van der Waals surface area contributed by atoms with E-state index < -0.39 is 6.04 Å². The SMILES string of the molecule is CCCCCCOc1cc(OCCCCCC)c2c(c1)c1c3c4c(c5cc(OCCCCCC)cc(OCCCCCC)c5c5cccc(c6cccc2c63)c54)P1(=S)c1ccccc1. The summed E-state index contributed by atoms with van der Waals surface area (Å²) in [7, 11) is 0. The van der Waals surface area contributed by atoms with Gasteiger partial charge < -0.3 is 18.9 Å². The Balaban J connectivity index is 1.38. The number of rotatable bonds is 25. The maximum Gasteiger partial charge on any atom is 0.131 e. The molecular formula is C58H67O4PS. The molecular weight excluding hydrogens is 824 g/mol. The quantitative estimate of drug-likeness (QED) is 0.0247. The second-order valence-electron chi connectivity index (χ2n) is 18.2. The predicted molar refractivity (Wildman–Crippen MR) is 281 cm³/mol. The number of hydrogen-bond donors (Lipinski definition) is 0. The second kappa shape index (κ2) is 20.3. The fourth-order valence-electron chi connectivity index (χ4n) is 10.5. The molecule has 8 aromatic carbocycles. The van der Waals surface area contributed by atoms with Crippen LogP contribution < -0.4 is 34.9 Å². The van der Waals surface area contributed by atoms with Gasteiger partial charge in [0.05, 0.1) is 26.4 Å². The van der Waals surface area contributed by atoms with Crippen molar-refractivity contribution in [1.29, 1.82) is 0 Å². The van der Waals surface area contributed by atoms with E-state index in [1.165, 1.54) is 110 Å². The lowest BCUT2D eigenvalue weighted by Crippen LogP contribution is -2.22. The molecule has 0 fully saturated rings. The summed E-state index contributed by atoms with van der Waals surface area (Å²) in [6.07, 6.45) is 18.3. The first-order valence-corrected chi connectivity index (χ1v) is 27.7. The van der Waals surface area contributed by atoms with Crippen LogP contribution in [0, 0.1) is 0 Å². The molecule has 64 heavy (non-hydrogen) atoms. The molecule has 0 bridgehead atoms. The van der Waals surface area contributed by atoms with Gasteiger partial charge in [-0.3, -0.25) is 0 Å². The lowest BCUT2D eigenvalue weighted by Gasteiger charge is -2.25. The van der Waals surface area contributed by atoms with Crippen molar-refractivity contribution in [3.8, 4) is 23.0 Å². The molecule has 0 aliphatic carbocycles. The topological polar surface area (TPSA) is 36.9 Å². The van der Waals surface area contributed by atoms with Crippen molar-refractivity contribution in [2.75, 3.05) is 26.4 Å². The van der Waals surface area contributed by atoms with Crippen molar-refractivity contribution in [1.82, 2.24) is 0 Å². The average molecular weight is 891 g/mol. The van der Waals surface area contributed by atoms with Crippen LogP contribution in [0.4, 0.5) is 0 Å². The lowest BCUT2D eigenvalue weighted by atomic mass is 9.85. The van der Waals surface area contributed by atoms with E-state index in [2.05, 4.69) is 119 Å². The lowest BCUT2D eigenvalue weighted by molar-refractivity contribution is 0.292. The van der Waals surface area contributed by atoms with Crippen molar-refractivity contribution in [3.63, 3.8) is 0 Å². The minimum absolute atomic E-state index is 0.664. The van der Waals surface area contributed by atoms with Crippen LogP contribution in [0.25, 0.3) is 64.6 Å². The van der Waals surface area contributed by atoms with Crippen LogP contribution in [0.3, 0.4) is 0 Å². The summed E-state index contributed by atoms with van der Waals surface area (Å²) in [6, 6.07) is 31.0. The number of unbranched alkanes of at least 4 members (excludes halogenated alkanes) is 12. The van der Waals surface area contributed by atoms with E-state index in [-0.39, 0.29) is 0 Å². The Morgan fingerprint density at radius 3 is 1.16 bits per heavy atom. The third-order valence-corrected chi connectivity index (χ3v) is 18.6. The Hall–Kier alpha value is -4.57. The second-order valence-corrected chi connectivity index (χ2v) is 22.4. The molecule has 1 aliphatic heterocycles. The molecule has 6 heteroatoms. The maximum absolute atomic E-state index is 7.60. The molecule has 9 rings (SSSR count). The van der Waals surface area contributed by atoms with Gasteiger partial charge in [0.2, 0.25) is 0 Å². The minimum Gasteiger partial charge on any atom is -0.493 e. The summed E-state index contributed by atoms with van der Waals surface area (Å²) in [4.78, 5) is 0. The van der Waals surface area contributed by atoms with Crippen LogP contribution in [0.15, 0.2) is 91.0 Å². The Morgan fingerprint density at radius 1 is 0.359 bits per heavy atom. The molecule has 8 aromatic rings. The fourth-order valence-corrected chi connectivity index (χ4v) is 15.5. The first kappa shape index (κ1) is 44.6. The molecule has 0 unspecified atom stereocenters. The first-order valence-electron chi connectivity index (χ1n) is 24.9. The molecule has 334 valence electrons. The number of benzene rings is 8. The summed E-state index contributed by atoms with van der Waals surface area (Å²) in [6.45, 7) is 11.7. The Morgan fingerprint density at radius 2 is 0.750 bits per heavy atom. The molecule has 1 aliphatic rings. The summed E-state index contributed by atoms with van der Waals surface area (Å²) >= 11 is 7.60. The van der Waals surface area contributed by atoms with Crippen LogP contribution in [0.1, 0.15) is 130 Å². The van der Waals surface area contributed by atoms with Crippen LogP contribution in [-0.2, 0) is 11.8 Å². The number of hydrogen-bond acceptors (Lipinski definition) is 5. The van der Waals surface area contributed by atoms with Gasteiger partial charge in [0, 0.05) is 50.3 Å². The predicted octanol–water partition coefficient (Wildman–Crippen LogP) is 15.9. The van der Waals surface area contributed by atoms with Crippen molar-refractivity contribution in [2.24, 2.45) is 0 Å². The number of fused-ring (bicyclic) bond motifs is 7. The first-order chi connectivity index (χ1) is 31.5. The normalized spacial score (nSPS) is 13.2. The van der Waals surface area contributed by atoms with Gasteiger partial charge in [-0.25, -0.2) is 0 Å². The molecule has 1 heterocycles. The van der Waals surface area contributed by atoms with Gasteiger partial charge in [0.25, 0.3) is 0 Å². The molecule has 0 spiro atoms. The molecule has 0 atom stereocenters. The van der Waals surface area contributed by atoms with Gasteiger partial charge in [0.1, 0.15) is 23.0 Å². The molecule has 4 nitrogen and oxygen atoms in total. The summed E-state index contributed by atoms with van der Waals surface area (Å²) in [5, 5.41) is 18.5. The minimum atomic E-state index is -2.81. The van der Waals surface area contributed by atoms with E-state index in [0.717, 1.165) is 95.9 Å². The Bertz CT molecular complexity index is 2760. The largest absolute Gasteiger partial charge is 0.493 e. The monoisotopic (exact) mass is 890 g/mol. The van der Waals surface area contributed by atoms with Gasteiger partial charge in [-0.1, -0.05) is 183 Å². The van der Waals surface area contributed by atoms with Crippen molar-refractivity contribution < 1.29 is 18.9 Å². The fraction of sp³-hybridized carbons (Fsp3) is 0.414. The third-order valence-electron chi connectivity index (χ3n) is 13.6. The van der Waals surface area contributed by atoms with Crippen molar-refractivity contribution in [3.05, 3.63) is 91.0 Å². The molecule has 0 saturated heterocycles. The van der Waals surface area contributed by atoms with E-state index in [1.807, 2.05) is 0 Å². The highest BCUT2D eigenvalue weighted by molar-refractivity contribution is 8.26. The van der Waals surface area contributed by atoms with Gasteiger partial charge in [-0.2, -0.15) is 0 Å². The highest BCUT2D eigenvalue weighted by Gasteiger charge is 2.41. The van der Waals surface area contributed by atoms with E-state index in [1.54, 1.807) is 0 Å². The highest BCUT2D eigenvalue weighted by Crippen LogP contribution is 2.61. The molecule has 0 N–H and O–H groups in total. The summed E-state index contributed by atoms with van der Waals surface area (Å²) in [5.41, 5.74) is 0. The van der Waals surface area contributed by atoms with Gasteiger partial charge in [0.15, 0.2) is 0 Å². The van der Waals surface area contributed by atoms with E-state index in [0.29, 0.717) is 26.4 Å². The molecule has 0 saturated carbocycles. The van der Waals surface area contributed by atoms with Crippen LogP contribution >= 0.6 is 6.04 Å².